The molecular weight excluding hydrogens is 264 g/mol. The molecule has 2 aromatic carbocycles. The summed E-state index contributed by atoms with van der Waals surface area (Å²) in [5.74, 6) is 0. The number of aryl methyl sites for hydroxylation is 1. The van der Waals surface area contributed by atoms with E-state index in [0.717, 1.165) is 19.3 Å². The monoisotopic (exact) mass is 290 g/mol. The number of rotatable bonds is 6. The van der Waals surface area contributed by atoms with Gasteiger partial charge in [-0.1, -0.05) is 92.6 Å². The highest BCUT2D eigenvalue weighted by Crippen LogP contribution is 2.26. The third-order valence-electron chi connectivity index (χ3n) is 3.80. The van der Waals surface area contributed by atoms with E-state index in [-0.39, 0.29) is 0 Å². The van der Waals surface area contributed by atoms with Gasteiger partial charge in [0, 0.05) is 0 Å². The molecule has 0 fully saturated rings. The van der Waals surface area contributed by atoms with E-state index in [1.54, 1.807) is 0 Å². The lowest BCUT2D eigenvalue weighted by Crippen LogP contribution is -1.88. The Morgan fingerprint density at radius 2 is 1.55 bits per heavy atom. The first-order chi connectivity index (χ1) is 10.7. The molecule has 2 rings (SSSR count). The van der Waals surface area contributed by atoms with Crippen LogP contribution >= 0.6 is 0 Å². The molecule has 22 heavy (non-hydrogen) atoms. The molecule has 0 heteroatoms. The zero-order chi connectivity index (χ0) is 15.8. The first-order valence-electron chi connectivity index (χ1n) is 8.27. The van der Waals surface area contributed by atoms with Crippen LogP contribution in [0.4, 0.5) is 0 Å². The normalized spacial score (nSPS) is 12.5. The van der Waals surface area contributed by atoms with Gasteiger partial charge in [-0.15, -0.1) is 0 Å². The number of allylic oxidation sites excluding steroid dienone is 4. The topological polar surface area (TPSA) is 0 Å². The molecule has 0 aliphatic carbocycles. The average Bonchev–Trinajstić information content (AvgIpc) is 2.55. The van der Waals surface area contributed by atoms with Crippen molar-refractivity contribution in [1.29, 1.82) is 0 Å². The van der Waals surface area contributed by atoms with E-state index in [0.29, 0.717) is 0 Å². The highest BCUT2D eigenvalue weighted by molar-refractivity contribution is 5.83. The second kappa shape index (κ2) is 8.38. The summed E-state index contributed by atoms with van der Waals surface area (Å²) >= 11 is 0. The van der Waals surface area contributed by atoms with Gasteiger partial charge < -0.3 is 0 Å². The molecule has 0 saturated carbocycles. The van der Waals surface area contributed by atoms with Crippen LogP contribution in [-0.4, -0.2) is 0 Å². The van der Waals surface area contributed by atoms with Crippen LogP contribution in [0.3, 0.4) is 0 Å². The second-order valence-electron chi connectivity index (χ2n) is 5.72. The molecule has 0 nitrogen and oxygen atoms in total. The van der Waals surface area contributed by atoms with E-state index >= 15 is 0 Å². The number of hydrogen-bond donors (Lipinski definition) is 0. The van der Waals surface area contributed by atoms with E-state index in [1.807, 2.05) is 0 Å². The van der Waals surface area contributed by atoms with E-state index in [4.69, 9.17) is 0 Å². The smallest absolute Gasteiger partial charge is 0.0187 e. The van der Waals surface area contributed by atoms with E-state index < -0.39 is 0 Å². The molecular formula is C22H26. The van der Waals surface area contributed by atoms with Crippen LogP contribution in [-0.2, 0) is 0 Å². The summed E-state index contributed by atoms with van der Waals surface area (Å²) < 4.78 is 0. The molecule has 0 atom stereocenters. The molecule has 0 spiro atoms. The third kappa shape index (κ3) is 4.46. The summed E-state index contributed by atoms with van der Waals surface area (Å²) in [7, 11) is 0. The van der Waals surface area contributed by atoms with E-state index in [2.05, 4.69) is 87.5 Å². The minimum Gasteiger partial charge on any atom is -0.0769 e. The van der Waals surface area contributed by atoms with Gasteiger partial charge in [-0.25, -0.2) is 0 Å². The Kier molecular flexibility index (Phi) is 6.21. The predicted molar refractivity (Wildman–Crippen MR) is 98.8 cm³/mol. The van der Waals surface area contributed by atoms with E-state index in [1.165, 1.54) is 27.8 Å². The van der Waals surface area contributed by atoms with Crippen LogP contribution in [0.5, 0.6) is 0 Å². The fourth-order valence-corrected chi connectivity index (χ4v) is 2.64. The second-order valence-corrected chi connectivity index (χ2v) is 5.72. The predicted octanol–water partition coefficient (Wildman–Crippen LogP) is 6.67. The van der Waals surface area contributed by atoms with Crippen molar-refractivity contribution >= 4 is 11.1 Å². The van der Waals surface area contributed by atoms with Crippen LogP contribution in [0.25, 0.3) is 11.1 Å². The Morgan fingerprint density at radius 3 is 2.14 bits per heavy atom. The third-order valence-corrected chi connectivity index (χ3v) is 3.80. The van der Waals surface area contributed by atoms with Gasteiger partial charge in [-0.05, 0) is 42.0 Å². The first-order valence-corrected chi connectivity index (χ1v) is 8.27. The Balaban J connectivity index is 2.42. The van der Waals surface area contributed by atoms with Gasteiger partial charge in [0.25, 0.3) is 0 Å². The Hall–Kier alpha value is -2.08. The standard InChI is InChI=1S/C22H26/c1-4-9-21(19-11-7-6-8-12-19)17-22(10-5-2)20-15-13-18(3)14-16-20/h6-8,10-17H,4-5,9H2,1-3H3/b21-17+,22-10-. The molecule has 0 amide bonds. The molecule has 2 aromatic rings. The molecule has 0 saturated heterocycles. The zero-order valence-corrected chi connectivity index (χ0v) is 14.0. The van der Waals surface area contributed by atoms with Gasteiger partial charge in [-0.3, -0.25) is 0 Å². The molecule has 0 radical (unpaired) electrons. The lowest BCUT2D eigenvalue weighted by molar-refractivity contribution is 0.973. The quantitative estimate of drug-likeness (QED) is 0.521. The number of hydrogen-bond acceptors (Lipinski definition) is 0. The van der Waals surface area contributed by atoms with Gasteiger partial charge in [-0.2, -0.15) is 0 Å². The van der Waals surface area contributed by atoms with Crippen molar-refractivity contribution in [2.24, 2.45) is 0 Å². The highest BCUT2D eigenvalue weighted by Gasteiger charge is 2.04. The highest BCUT2D eigenvalue weighted by atomic mass is 14.1. The average molecular weight is 290 g/mol. The summed E-state index contributed by atoms with van der Waals surface area (Å²) in [6, 6.07) is 19.6. The first kappa shape index (κ1) is 16.3. The molecule has 0 heterocycles. The Bertz CT molecular complexity index is 627. The lowest BCUT2D eigenvalue weighted by Gasteiger charge is -2.10. The number of benzene rings is 2. The zero-order valence-electron chi connectivity index (χ0n) is 14.0. The summed E-state index contributed by atoms with van der Waals surface area (Å²) in [5.41, 5.74) is 6.69. The Morgan fingerprint density at radius 1 is 0.864 bits per heavy atom. The van der Waals surface area contributed by atoms with Gasteiger partial charge in [0.05, 0.1) is 0 Å². The molecule has 0 N–H and O–H groups in total. The lowest BCUT2D eigenvalue weighted by atomic mass is 9.95. The van der Waals surface area contributed by atoms with Crippen LogP contribution in [0.2, 0.25) is 0 Å². The van der Waals surface area contributed by atoms with Gasteiger partial charge >= 0.3 is 0 Å². The largest absolute Gasteiger partial charge is 0.0769 e. The maximum absolute atomic E-state index is 2.37. The Labute approximate surface area is 135 Å². The van der Waals surface area contributed by atoms with Crippen LogP contribution < -0.4 is 0 Å². The molecule has 0 aliphatic heterocycles. The summed E-state index contributed by atoms with van der Waals surface area (Å²) in [4.78, 5) is 0. The maximum Gasteiger partial charge on any atom is -0.0187 e. The fourth-order valence-electron chi connectivity index (χ4n) is 2.64. The fraction of sp³-hybridized carbons (Fsp3) is 0.273. The minimum atomic E-state index is 1.05. The summed E-state index contributed by atoms with van der Waals surface area (Å²) in [6.07, 6.45) is 8.01. The van der Waals surface area contributed by atoms with Gasteiger partial charge in [0.2, 0.25) is 0 Å². The van der Waals surface area contributed by atoms with Crippen molar-refractivity contribution in [2.45, 2.75) is 40.0 Å². The maximum atomic E-state index is 2.37. The SMILES string of the molecule is CC/C=C(/C=C(\CCC)c1ccccc1)c1ccc(C)cc1. The van der Waals surface area contributed by atoms with Crippen LogP contribution in [0.1, 0.15) is 49.8 Å². The van der Waals surface area contributed by atoms with Gasteiger partial charge in [0.1, 0.15) is 0 Å². The summed E-state index contributed by atoms with van der Waals surface area (Å²) in [5, 5.41) is 0. The molecule has 0 aliphatic rings. The summed E-state index contributed by atoms with van der Waals surface area (Å²) in [6.45, 7) is 6.57. The van der Waals surface area contributed by atoms with Gasteiger partial charge in [0.15, 0.2) is 0 Å². The molecule has 0 bridgehead atoms. The van der Waals surface area contributed by atoms with Crippen LogP contribution in [0.15, 0.2) is 66.7 Å². The van der Waals surface area contributed by atoms with E-state index in [9.17, 15) is 0 Å². The van der Waals surface area contributed by atoms with Crippen molar-refractivity contribution in [3.63, 3.8) is 0 Å². The van der Waals surface area contributed by atoms with Crippen molar-refractivity contribution in [1.82, 2.24) is 0 Å². The molecule has 114 valence electrons. The van der Waals surface area contributed by atoms with Crippen molar-refractivity contribution < 1.29 is 0 Å². The van der Waals surface area contributed by atoms with Crippen molar-refractivity contribution in [3.8, 4) is 0 Å². The molecule has 0 aromatic heterocycles. The van der Waals surface area contributed by atoms with Crippen molar-refractivity contribution in [2.75, 3.05) is 0 Å². The molecule has 0 unspecified atom stereocenters. The minimum absolute atomic E-state index is 1.05. The van der Waals surface area contributed by atoms with Crippen LogP contribution in [0, 0.1) is 6.92 Å². The van der Waals surface area contributed by atoms with Crippen molar-refractivity contribution in [3.05, 3.63) is 83.4 Å².